The van der Waals surface area contributed by atoms with Crippen LogP contribution >= 0.6 is 0 Å². The van der Waals surface area contributed by atoms with E-state index < -0.39 is 16.0 Å². The third-order valence-electron chi connectivity index (χ3n) is 5.36. The fourth-order valence-electron chi connectivity index (χ4n) is 3.60. The molecule has 0 saturated heterocycles. The first kappa shape index (κ1) is 23.6. The minimum atomic E-state index is -3.73. The number of nitrogens with zero attached hydrogens (tertiary/aromatic N) is 1. The number of hydrogen-bond donors (Lipinski definition) is 1. The minimum Gasteiger partial charge on any atom is -0.489 e. The van der Waals surface area contributed by atoms with Crippen LogP contribution in [0, 0.1) is 27.7 Å². The molecular weight excluding hydrogens is 428 g/mol. The molecular formula is C24H28N2O5S. The van der Waals surface area contributed by atoms with Crippen molar-refractivity contribution in [3.8, 4) is 5.75 Å². The lowest BCUT2D eigenvalue weighted by Gasteiger charge is -2.12. The van der Waals surface area contributed by atoms with Crippen molar-refractivity contribution in [2.75, 3.05) is 13.2 Å². The SMILES string of the molecule is Cc1cccc(C)c1OCCOC(=O)c1cc(C)n(Cc2ccc(S(N)(=O)=O)cc2)c1C. The number of sulfonamides is 1. The van der Waals surface area contributed by atoms with Crippen molar-refractivity contribution >= 4 is 16.0 Å². The lowest BCUT2D eigenvalue weighted by Crippen LogP contribution is -2.14. The summed E-state index contributed by atoms with van der Waals surface area (Å²) in [5.41, 5.74) is 5.14. The zero-order valence-corrected chi connectivity index (χ0v) is 19.5. The van der Waals surface area contributed by atoms with Crippen LogP contribution < -0.4 is 9.88 Å². The second-order valence-electron chi connectivity index (χ2n) is 7.77. The van der Waals surface area contributed by atoms with Crippen LogP contribution in [0.25, 0.3) is 0 Å². The Kier molecular flexibility index (Phi) is 7.06. The van der Waals surface area contributed by atoms with E-state index in [0.717, 1.165) is 33.8 Å². The summed E-state index contributed by atoms with van der Waals surface area (Å²) in [6.45, 7) is 8.63. The number of hydrogen-bond acceptors (Lipinski definition) is 5. The number of benzene rings is 2. The molecule has 0 unspecified atom stereocenters. The van der Waals surface area contributed by atoms with Crippen molar-refractivity contribution in [3.05, 3.63) is 82.2 Å². The summed E-state index contributed by atoms with van der Waals surface area (Å²) in [6.07, 6.45) is 0. The normalized spacial score (nSPS) is 11.4. The number of para-hydroxylation sites is 1. The van der Waals surface area contributed by atoms with Gasteiger partial charge in [0.1, 0.15) is 19.0 Å². The molecule has 0 amide bonds. The van der Waals surface area contributed by atoms with Gasteiger partial charge in [0.15, 0.2) is 0 Å². The van der Waals surface area contributed by atoms with E-state index in [2.05, 4.69) is 0 Å². The van der Waals surface area contributed by atoms with E-state index in [1.54, 1.807) is 18.2 Å². The quantitative estimate of drug-likeness (QED) is 0.412. The molecule has 7 nitrogen and oxygen atoms in total. The summed E-state index contributed by atoms with van der Waals surface area (Å²) < 4.78 is 36.0. The zero-order chi connectivity index (χ0) is 23.5. The van der Waals surface area contributed by atoms with Gasteiger partial charge in [0.05, 0.1) is 10.5 Å². The van der Waals surface area contributed by atoms with E-state index in [1.807, 2.05) is 50.5 Å². The first-order chi connectivity index (χ1) is 15.1. The van der Waals surface area contributed by atoms with E-state index in [9.17, 15) is 13.2 Å². The molecule has 3 aromatic rings. The number of aromatic nitrogens is 1. The van der Waals surface area contributed by atoms with Gasteiger partial charge in [0.2, 0.25) is 10.0 Å². The molecule has 3 rings (SSSR count). The highest BCUT2D eigenvalue weighted by Crippen LogP contribution is 2.22. The van der Waals surface area contributed by atoms with Crippen molar-refractivity contribution in [3.63, 3.8) is 0 Å². The number of carbonyl (C=O) groups is 1. The van der Waals surface area contributed by atoms with E-state index in [-0.39, 0.29) is 18.1 Å². The Morgan fingerprint density at radius 1 is 0.969 bits per heavy atom. The number of nitrogens with two attached hydrogens (primary N) is 1. The average Bonchev–Trinajstić information content (AvgIpc) is 3.01. The summed E-state index contributed by atoms with van der Waals surface area (Å²) >= 11 is 0. The number of esters is 1. The third kappa shape index (κ3) is 5.38. The molecule has 2 aromatic carbocycles. The summed E-state index contributed by atoms with van der Waals surface area (Å²) in [5, 5.41) is 5.15. The summed E-state index contributed by atoms with van der Waals surface area (Å²) in [6, 6.07) is 14.1. The molecule has 2 N–H and O–H groups in total. The largest absolute Gasteiger partial charge is 0.489 e. The maximum Gasteiger partial charge on any atom is 0.340 e. The number of rotatable bonds is 8. The minimum absolute atomic E-state index is 0.0644. The van der Waals surface area contributed by atoms with Crippen LogP contribution in [0.1, 0.15) is 38.4 Å². The van der Waals surface area contributed by atoms with Crippen molar-refractivity contribution in [2.45, 2.75) is 39.1 Å². The molecule has 8 heteroatoms. The van der Waals surface area contributed by atoms with Gasteiger partial charge in [0.25, 0.3) is 0 Å². The Morgan fingerprint density at radius 2 is 1.59 bits per heavy atom. The molecule has 0 bridgehead atoms. The van der Waals surface area contributed by atoms with E-state index in [0.29, 0.717) is 12.1 Å². The molecule has 1 heterocycles. The molecule has 32 heavy (non-hydrogen) atoms. The summed E-state index contributed by atoms with van der Waals surface area (Å²) in [4.78, 5) is 12.7. The Balaban J connectivity index is 1.63. The van der Waals surface area contributed by atoms with E-state index >= 15 is 0 Å². The van der Waals surface area contributed by atoms with Crippen LogP contribution in [0.15, 0.2) is 53.4 Å². The number of primary sulfonamides is 1. The molecule has 0 atom stereocenters. The number of ether oxygens (including phenoxy) is 2. The van der Waals surface area contributed by atoms with Crippen molar-refractivity contribution < 1.29 is 22.7 Å². The van der Waals surface area contributed by atoms with Crippen molar-refractivity contribution in [1.82, 2.24) is 4.57 Å². The molecule has 0 fully saturated rings. The monoisotopic (exact) mass is 456 g/mol. The molecule has 0 aliphatic rings. The van der Waals surface area contributed by atoms with Gasteiger partial charge in [0, 0.05) is 17.9 Å². The first-order valence-electron chi connectivity index (χ1n) is 10.2. The number of aryl methyl sites for hydroxylation is 3. The molecule has 1 aromatic heterocycles. The topological polar surface area (TPSA) is 101 Å². The average molecular weight is 457 g/mol. The second-order valence-corrected chi connectivity index (χ2v) is 9.33. The van der Waals surface area contributed by atoms with Gasteiger partial charge in [-0.3, -0.25) is 0 Å². The van der Waals surface area contributed by atoms with Crippen LogP contribution in [-0.4, -0.2) is 32.2 Å². The first-order valence-corrected chi connectivity index (χ1v) is 11.8. The smallest absolute Gasteiger partial charge is 0.340 e. The van der Waals surface area contributed by atoms with Crippen molar-refractivity contribution in [1.29, 1.82) is 0 Å². The van der Waals surface area contributed by atoms with Crippen LogP contribution in [0.5, 0.6) is 5.75 Å². The van der Waals surface area contributed by atoms with Gasteiger partial charge in [-0.25, -0.2) is 18.4 Å². The Hall–Kier alpha value is -3.10. The standard InChI is InChI=1S/C24H28N2O5S/c1-16-6-5-7-17(2)23(16)30-12-13-31-24(27)22-14-18(3)26(19(22)4)15-20-8-10-21(11-9-20)32(25,28)29/h5-11,14H,12-13,15H2,1-4H3,(H2,25,28,29). The molecule has 0 spiro atoms. The van der Waals surface area contributed by atoms with Crippen LogP contribution in [-0.2, 0) is 21.3 Å². The highest BCUT2D eigenvalue weighted by Gasteiger charge is 2.17. The lowest BCUT2D eigenvalue weighted by atomic mass is 10.1. The third-order valence-corrected chi connectivity index (χ3v) is 6.29. The Labute approximate surface area is 188 Å². The van der Waals surface area contributed by atoms with Crippen molar-refractivity contribution in [2.24, 2.45) is 5.14 Å². The van der Waals surface area contributed by atoms with E-state index in [1.165, 1.54) is 12.1 Å². The summed E-state index contributed by atoms with van der Waals surface area (Å²) in [7, 11) is -3.73. The maximum atomic E-state index is 12.6. The fourth-order valence-corrected chi connectivity index (χ4v) is 4.12. The molecule has 0 aliphatic carbocycles. The summed E-state index contributed by atoms with van der Waals surface area (Å²) in [5.74, 6) is 0.411. The van der Waals surface area contributed by atoms with Crippen LogP contribution in [0.4, 0.5) is 0 Å². The zero-order valence-electron chi connectivity index (χ0n) is 18.7. The Morgan fingerprint density at radius 3 is 2.19 bits per heavy atom. The maximum absolute atomic E-state index is 12.6. The highest BCUT2D eigenvalue weighted by atomic mass is 32.2. The molecule has 0 saturated carbocycles. The predicted molar refractivity (Wildman–Crippen MR) is 123 cm³/mol. The highest BCUT2D eigenvalue weighted by molar-refractivity contribution is 7.89. The molecule has 0 radical (unpaired) electrons. The van der Waals surface area contributed by atoms with Gasteiger partial charge in [-0.05, 0) is 62.6 Å². The predicted octanol–water partition coefficient (Wildman–Crippen LogP) is 3.65. The van der Waals surface area contributed by atoms with Gasteiger partial charge in [-0.15, -0.1) is 0 Å². The van der Waals surface area contributed by atoms with Gasteiger partial charge >= 0.3 is 5.97 Å². The lowest BCUT2D eigenvalue weighted by molar-refractivity contribution is 0.0449. The van der Waals surface area contributed by atoms with Gasteiger partial charge in [-0.1, -0.05) is 30.3 Å². The molecule has 170 valence electrons. The Bertz CT molecular complexity index is 1210. The fraction of sp³-hybridized carbons (Fsp3) is 0.292. The second kappa shape index (κ2) is 9.58. The molecule has 0 aliphatic heterocycles. The van der Waals surface area contributed by atoms with E-state index in [4.69, 9.17) is 14.6 Å². The van der Waals surface area contributed by atoms with Crippen LogP contribution in [0.3, 0.4) is 0 Å². The van der Waals surface area contributed by atoms with Crippen LogP contribution in [0.2, 0.25) is 0 Å². The van der Waals surface area contributed by atoms with Gasteiger partial charge in [-0.2, -0.15) is 0 Å². The van der Waals surface area contributed by atoms with Gasteiger partial charge < -0.3 is 14.0 Å². The number of carbonyl (C=O) groups excluding carboxylic acids is 1.